The van der Waals surface area contributed by atoms with Crippen LogP contribution in [0.5, 0.6) is 0 Å². The molecule has 2 aromatic rings. The molecule has 3 heterocycles. The summed E-state index contributed by atoms with van der Waals surface area (Å²) in [6.45, 7) is 1.75. The van der Waals surface area contributed by atoms with Gasteiger partial charge in [0.25, 0.3) is 0 Å². The van der Waals surface area contributed by atoms with Crippen LogP contribution in [-0.2, 0) is 13.1 Å². The van der Waals surface area contributed by atoms with E-state index in [9.17, 15) is 10.1 Å². The molecule has 0 atom stereocenters. The molecular weight excluding hydrogens is 264 g/mol. The Labute approximate surface area is 113 Å². The summed E-state index contributed by atoms with van der Waals surface area (Å²) in [5, 5.41) is 11.1. The van der Waals surface area contributed by atoms with Crippen LogP contribution in [0.1, 0.15) is 5.82 Å². The Hall–Kier alpha value is -2.75. The third-order valence-corrected chi connectivity index (χ3v) is 3.12. The summed E-state index contributed by atoms with van der Waals surface area (Å²) < 4.78 is 2.01. The van der Waals surface area contributed by atoms with Gasteiger partial charge >= 0.3 is 5.69 Å². The van der Waals surface area contributed by atoms with E-state index in [-0.39, 0.29) is 17.5 Å². The number of hydrazine groups is 1. The number of nitrogens with zero attached hydrogens (tertiary/aromatic N) is 6. The number of nitro groups is 1. The maximum absolute atomic E-state index is 11.1. The summed E-state index contributed by atoms with van der Waals surface area (Å²) in [5.74, 6) is 6.48. The molecule has 0 saturated heterocycles. The van der Waals surface area contributed by atoms with E-state index >= 15 is 0 Å². The van der Waals surface area contributed by atoms with Crippen molar-refractivity contribution in [1.82, 2.24) is 19.5 Å². The van der Waals surface area contributed by atoms with Crippen molar-refractivity contribution in [1.29, 1.82) is 0 Å². The minimum Gasteiger partial charge on any atom is -0.341 e. The third-order valence-electron chi connectivity index (χ3n) is 3.12. The predicted molar refractivity (Wildman–Crippen MR) is 69.8 cm³/mol. The van der Waals surface area contributed by atoms with Gasteiger partial charge in [-0.2, -0.15) is 4.98 Å². The fourth-order valence-corrected chi connectivity index (χ4v) is 2.15. The molecule has 0 saturated carbocycles. The van der Waals surface area contributed by atoms with Gasteiger partial charge in [0, 0.05) is 25.5 Å². The monoisotopic (exact) mass is 276 g/mol. The van der Waals surface area contributed by atoms with E-state index < -0.39 is 4.92 Å². The molecule has 1 aliphatic heterocycles. The summed E-state index contributed by atoms with van der Waals surface area (Å²) >= 11 is 0. The van der Waals surface area contributed by atoms with E-state index in [4.69, 9.17) is 5.84 Å². The van der Waals surface area contributed by atoms with Crippen molar-refractivity contribution in [2.24, 2.45) is 5.84 Å². The van der Waals surface area contributed by atoms with Gasteiger partial charge < -0.3 is 9.47 Å². The lowest BCUT2D eigenvalue weighted by Gasteiger charge is -2.28. The van der Waals surface area contributed by atoms with Gasteiger partial charge in [-0.1, -0.05) is 0 Å². The van der Waals surface area contributed by atoms with Crippen molar-refractivity contribution < 1.29 is 4.92 Å². The number of rotatable bonds is 3. The van der Waals surface area contributed by atoms with Crippen LogP contribution in [0.2, 0.25) is 0 Å². The summed E-state index contributed by atoms with van der Waals surface area (Å²) in [6.07, 6.45) is 4.74. The molecule has 0 aromatic carbocycles. The molecule has 2 aromatic heterocycles. The standard InChI is InChI=1S/C10H12N8O2/c11-15-10-13-5-7(18(19)20)9(14-10)17-4-3-16-2-1-12-8(16)6-17/h1-2,5H,3-4,6,11H2,(H,13,14,15). The summed E-state index contributed by atoms with van der Waals surface area (Å²) in [7, 11) is 0. The normalized spacial score (nSPS) is 13.9. The molecular formula is C10H12N8O2. The second-order valence-electron chi connectivity index (χ2n) is 4.26. The van der Waals surface area contributed by atoms with Crippen molar-refractivity contribution in [2.75, 3.05) is 16.9 Å². The van der Waals surface area contributed by atoms with E-state index in [2.05, 4.69) is 20.4 Å². The van der Waals surface area contributed by atoms with Gasteiger partial charge in [-0.25, -0.2) is 15.8 Å². The summed E-state index contributed by atoms with van der Waals surface area (Å²) in [5.41, 5.74) is 2.15. The van der Waals surface area contributed by atoms with E-state index in [0.717, 1.165) is 12.0 Å². The molecule has 104 valence electrons. The number of imidazole rings is 1. The molecule has 20 heavy (non-hydrogen) atoms. The van der Waals surface area contributed by atoms with Gasteiger partial charge in [-0.3, -0.25) is 15.5 Å². The average molecular weight is 276 g/mol. The maximum atomic E-state index is 11.1. The van der Waals surface area contributed by atoms with Gasteiger partial charge in [-0.15, -0.1) is 0 Å². The quantitative estimate of drug-likeness (QED) is 0.451. The molecule has 0 bridgehead atoms. The van der Waals surface area contributed by atoms with Crippen LogP contribution in [0.4, 0.5) is 17.5 Å². The highest BCUT2D eigenvalue weighted by atomic mass is 16.6. The van der Waals surface area contributed by atoms with Crippen molar-refractivity contribution in [3.05, 3.63) is 34.5 Å². The van der Waals surface area contributed by atoms with Gasteiger partial charge in [0.1, 0.15) is 12.0 Å². The third kappa shape index (κ3) is 2.01. The van der Waals surface area contributed by atoms with Gasteiger partial charge in [-0.05, 0) is 0 Å². The molecule has 1 aliphatic rings. The topological polar surface area (TPSA) is 128 Å². The zero-order chi connectivity index (χ0) is 14.1. The number of aromatic nitrogens is 4. The molecule has 0 spiro atoms. The number of anilines is 2. The minimum atomic E-state index is -0.503. The van der Waals surface area contributed by atoms with Crippen LogP contribution in [0.15, 0.2) is 18.6 Å². The van der Waals surface area contributed by atoms with Gasteiger partial charge in [0.05, 0.1) is 11.5 Å². The molecule has 0 aliphatic carbocycles. The SMILES string of the molecule is NNc1ncc([N+](=O)[O-])c(N2CCn3ccnc3C2)n1. The summed E-state index contributed by atoms with van der Waals surface area (Å²) in [6, 6.07) is 0. The fourth-order valence-electron chi connectivity index (χ4n) is 2.15. The van der Waals surface area contributed by atoms with E-state index in [0.29, 0.717) is 19.6 Å². The van der Waals surface area contributed by atoms with Crippen LogP contribution in [0.25, 0.3) is 0 Å². The van der Waals surface area contributed by atoms with E-state index in [1.165, 1.54) is 0 Å². The lowest BCUT2D eigenvalue weighted by atomic mass is 10.3. The first-order chi connectivity index (χ1) is 9.69. The zero-order valence-electron chi connectivity index (χ0n) is 10.4. The second-order valence-corrected chi connectivity index (χ2v) is 4.26. The molecule has 3 N–H and O–H groups in total. The molecule has 10 heteroatoms. The Morgan fingerprint density at radius 3 is 3.00 bits per heavy atom. The molecule has 3 rings (SSSR count). The Bertz CT molecular complexity index is 654. The minimum absolute atomic E-state index is 0.138. The fraction of sp³-hybridized carbons (Fsp3) is 0.300. The molecule has 0 fully saturated rings. The summed E-state index contributed by atoms with van der Waals surface area (Å²) in [4.78, 5) is 24.5. The first kappa shape index (κ1) is 12.3. The van der Waals surface area contributed by atoms with Crippen molar-refractivity contribution >= 4 is 17.5 Å². The van der Waals surface area contributed by atoms with Crippen molar-refractivity contribution in [3.8, 4) is 0 Å². The predicted octanol–water partition coefficient (Wildman–Crippen LogP) is -0.113. The molecule has 10 nitrogen and oxygen atoms in total. The second kappa shape index (κ2) is 4.74. The van der Waals surface area contributed by atoms with Crippen LogP contribution in [0.3, 0.4) is 0 Å². The van der Waals surface area contributed by atoms with Crippen LogP contribution in [-0.4, -0.2) is 31.0 Å². The number of nitrogens with one attached hydrogen (secondary N) is 1. The number of fused-ring (bicyclic) bond motifs is 1. The van der Waals surface area contributed by atoms with Crippen molar-refractivity contribution in [2.45, 2.75) is 13.1 Å². The maximum Gasteiger partial charge on any atom is 0.329 e. The number of hydrogen-bond acceptors (Lipinski definition) is 8. The Balaban J connectivity index is 1.99. The average Bonchev–Trinajstić information content (AvgIpc) is 2.93. The number of nitrogen functional groups attached to an aromatic ring is 1. The smallest absolute Gasteiger partial charge is 0.329 e. The molecule has 0 amide bonds. The Kier molecular flexibility index (Phi) is 2.91. The van der Waals surface area contributed by atoms with Gasteiger partial charge in [0.15, 0.2) is 0 Å². The van der Waals surface area contributed by atoms with Crippen LogP contribution >= 0.6 is 0 Å². The highest BCUT2D eigenvalue weighted by Gasteiger charge is 2.26. The highest BCUT2D eigenvalue weighted by Crippen LogP contribution is 2.28. The van der Waals surface area contributed by atoms with Crippen LogP contribution in [0, 0.1) is 10.1 Å². The van der Waals surface area contributed by atoms with E-state index in [1.807, 2.05) is 10.8 Å². The number of hydrogen-bond donors (Lipinski definition) is 2. The lowest BCUT2D eigenvalue weighted by Crippen LogP contribution is -2.34. The van der Waals surface area contributed by atoms with Crippen LogP contribution < -0.4 is 16.2 Å². The highest BCUT2D eigenvalue weighted by molar-refractivity contribution is 5.59. The Morgan fingerprint density at radius 2 is 2.25 bits per heavy atom. The largest absolute Gasteiger partial charge is 0.341 e. The van der Waals surface area contributed by atoms with Crippen molar-refractivity contribution in [3.63, 3.8) is 0 Å². The molecule has 0 unspecified atom stereocenters. The lowest BCUT2D eigenvalue weighted by molar-refractivity contribution is -0.384. The Morgan fingerprint density at radius 1 is 1.40 bits per heavy atom. The first-order valence-electron chi connectivity index (χ1n) is 5.92. The zero-order valence-corrected chi connectivity index (χ0v) is 10.4. The number of nitrogens with two attached hydrogens (primary N) is 1. The first-order valence-corrected chi connectivity index (χ1v) is 5.92. The molecule has 0 radical (unpaired) electrons. The van der Waals surface area contributed by atoms with E-state index in [1.54, 1.807) is 11.1 Å². The van der Waals surface area contributed by atoms with Gasteiger partial charge in [0.2, 0.25) is 11.8 Å².